The van der Waals surface area contributed by atoms with Crippen LogP contribution in [0.4, 0.5) is 11.5 Å². The number of pyridine rings is 1. The Balaban J connectivity index is 1.22. The fourth-order valence-corrected chi connectivity index (χ4v) is 4.28. The number of hydrogen-bond acceptors (Lipinski definition) is 6. The summed E-state index contributed by atoms with van der Waals surface area (Å²) in [6.07, 6.45) is 2.02. The van der Waals surface area contributed by atoms with Gasteiger partial charge in [0.2, 0.25) is 11.8 Å². The van der Waals surface area contributed by atoms with Crippen molar-refractivity contribution in [2.75, 3.05) is 55.7 Å². The maximum Gasteiger partial charge on any atom is 0.228 e. The van der Waals surface area contributed by atoms with Crippen molar-refractivity contribution in [1.82, 2.24) is 9.88 Å². The molecule has 156 valence electrons. The molecule has 3 aliphatic heterocycles. The molecule has 1 atom stereocenters. The summed E-state index contributed by atoms with van der Waals surface area (Å²) in [5.41, 5.74) is 0.750. The van der Waals surface area contributed by atoms with Gasteiger partial charge in [0.1, 0.15) is 19.0 Å². The summed E-state index contributed by atoms with van der Waals surface area (Å²) >= 11 is 0. The van der Waals surface area contributed by atoms with Crippen LogP contribution >= 0.6 is 0 Å². The number of aromatic nitrogens is 1. The van der Waals surface area contributed by atoms with E-state index >= 15 is 0 Å². The van der Waals surface area contributed by atoms with Crippen molar-refractivity contribution in [3.63, 3.8) is 0 Å². The molecule has 30 heavy (non-hydrogen) atoms. The maximum atomic E-state index is 13.1. The van der Waals surface area contributed by atoms with Gasteiger partial charge in [0.15, 0.2) is 11.5 Å². The summed E-state index contributed by atoms with van der Waals surface area (Å²) in [6, 6.07) is 11.3. The minimum atomic E-state index is -0.313. The molecular weight excluding hydrogens is 384 g/mol. The molecular formula is C22H24N4O4. The van der Waals surface area contributed by atoms with Crippen LogP contribution in [0.1, 0.15) is 6.42 Å². The molecule has 8 nitrogen and oxygen atoms in total. The molecule has 1 aromatic carbocycles. The zero-order chi connectivity index (χ0) is 20.5. The van der Waals surface area contributed by atoms with Crippen molar-refractivity contribution in [3.8, 4) is 11.5 Å². The van der Waals surface area contributed by atoms with Crippen molar-refractivity contribution < 1.29 is 19.1 Å². The zero-order valence-corrected chi connectivity index (χ0v) is 16.7. The number of carbonyl (C=O) groups is 2. The second-order valence-electron chi connectivity index (χ2n) is 7.73. The summed E-state index contributed by atoms with van der Waals surface area (Å²) in [6.45, 7) is 4.20. The molecule has 4 heterocycles. The van der Waals surface area contributed by atoms with Gasteiger partial charge in [0.05, 0.1) is 5.92 Å². The Bertz CT molecular complexity index is 943. The largest absolute Gasteiger partial charge is 0.486 e. The van der Waals surface area contributed by atoms with Crippen LogP contribution in [0.25, 0.3) is 0 Å². The van der Waals surface area contributed by atoms with E-state index in [-0.39, 0.29) is 24.2 Å². The summed E-state index contributed by atoms with van der Waals surface area (Å²) in [4.78, 5) is 35.8. The Hall–Kier alpha value is -3.29. The first-order valence-corrected chi connectivity index (χ1v) is 10.3. The minimum Gasteiger partial charge on any atom is -0.486 e. The number of piperazine rings is 1. The monoisotopic (exact) mass is 408 g/mol. The van der Waals surface area contributed by atoms with E-state index in [0.717, 1.165) is 24.6 Å². The molecule has 2 saturated heterocycles. The van der Waals surface area contributed by atoms with Crippen LogP contribution in [0.15, 0.2) is 42.6 Å². The molecule has 0 bridgehead atoms. The quantitative estimate of drug-likeness (QED) is 0.767. The highest BCUT2D eigenvalue weighted by atomic mass is 16.6. The number of hydrogen-bond donors (Lipinski definition) is 0. The van der Waals surface area contributed by atoms with Gasteiger partial charge < -0.3 is 24.2 Å². The molecule has 1 aromatic heterocycles. The normalized spacial score (nSPS) is 21.1. The van der Waals surface area contributed by atoms with Gasteiger partial charge in [0.25, 0.3) is 0 Å². The van der Waals surface area contributed by atoms with Gasteiger partial charge in [-0.25, -0.2) is 4.98 Å². The van der Waals surface area contributed by atoms with Gasteiger partial charge in [-0.15, -0.1) is 0 Å². The lowest BCUT2D eigenvalue weighted by atomic mass is 10.1. The molecule has 8 heteroatoms. The summed E-state index contributed by atoms with van der Waals surface area (Å²) in [7, 11) is 0. The standard InChI is InChI=1S/C22H24N4O4/c27-21-13-16(15-26(21)17-4-5-18-19(14-17)30-12-11-29-18)22(28)25-9-7-24(8-10-25)20-3-1-2-6-23-20/h1-6,14,16H,7-13,15H2/t16-/m1/s1. The number of rotatable bonds is 3. The van der Waals surface area contributed by atoms with E-state index in [0.29, 0.717) is 44.3 Å². The first kappa shape index (κ1) is 18.7. The third-order valence-electron chi connectivity index (χ3n) is 5.88. The third kappa shape index (κ3) is 3.53. The molecule has 0 aliphatic carbocycles. The minimum absolute atomic E-state index is 0.0304. The Labute approximate surface area is 175 Å². The number of fused-ring (bicyclic) bond motifs is 1. The highest BCUT2D eigenvalue weighted by molar-refractivity contribution is 6.00. The van der Waals surface area contributed by atoms with E-state index in [1.54, 1.807) is 11.1 Å². The smallest absolute Gasteiger partial charge is 0.228 e. The Morgan fingerprint density at radius 1 is 1.00 bits per heavy atom. The first-order valence-electron chi connectivity index (χ1n) is 10.3. The van der Waals surface area contributed by atoms with Crippen molar-refractivity contribution in [2.45, 2.75) is 6.42 Å². The lowest BCUT2D eigenvalue weighted by Gasteiger charge is -2.36. The molecule has 0 N–H and O–H groups in total. The molecule has 0 unspecified atom stereocenters. The number of benzene rings is 1. The summed E-state index contributed by atoms with van der Waals surface area (Å²) in [5, 5.41) is 0. The predicted molar refractivity (Wildman–Crippen MR) is 111 cm³/mol. The highest BCUT2D eigenvalue weighted by Crippen LogP contribution is 2.36. The third-order valence-corrected chi connectivity index (χ3v) is 5.88. The van der Waals surface area contributed by atoms with E-state index in [9.17, 15) is 9.59 Å². The summed E-state index contributed by atoms with van der Waals surface area (Å²) in [5.74, 6) is 1.99. The van der Waals surface area contributed by atoms with E-state index in [4.69, 9.17) is 9.47 Å². The Kier molecular flexibility index (Phi) is 4.90. The van der Waals surface area contributed by atoms with E-state index in [1.807, 2.05) is 41.3 Å². The van der Waals surface area contributed by atoms with Crippen LogP contribution in [0.3, 0.4) is 0 Å². The van der Waals surface area contributed by atoms with E-state index in [2.05, 4.69) is 9.88 Å². The van der Waals surface area contributed by atoms with Gasteiger partial charge in [-0.2, -0.15) is 0 Å². The first-order chi connectivity index (χ1) is 14.7. The number of nitrogens with zero attached hydrogens (tertiary/aromatic N) is 4. The van der Waals surface area contributed by atoms with Crippen molar-refractivity contribution in [3.05, 3.63) is 42.6 Å². The molecule has 5 rings (SSSR count). The topological polar surface area (TPSA) is 75.2 Å². The van der Waals surface area contributed by atoms with Crippen LogP contribution in [0.5, 0.6) is 11.5 Å². The van der Waals surface area contributed by atoms with E-state index < -0.39 is 0 Å². The number of carbonyl (C=O) groups excluding carboxylic acids is 2. The maximum absolute atomic E-state index is 13.1. The van der Waals surface area contributed by atoms with Gasteiger partial charge in [-0.1, -0.05) is 6.07 Å². The predicted octanol–water partition coefficient (Wildman–Crippen LogP) is 1.55. The SMILES string of the molecule is O=C([C@@H]1CC(=O)N(c2ccc3c(c2)OCCO3)C1)N1CCN(c2ccccn2)CC1. The lowest BCUT2D eigenvalue weighted by molar-refractivity contribution is -0.136. The molecule has 2 amide bonds. The van der Waals surface area contributed by atoms with Crippen molar-refractivity contribution >= 4 is 23.3 Å². The van der Waals surface area contributed by atoms with Crippen LogP contribution in [-0.4, -0.2) is 67.6 Å². The molecule has 2 fully saturated rings. The van der Waals surface area contributed by atoms with Crippen molar-refractivity contribution in [2.24, 2.45) is 5.92 Å². The van der Waals surface area contributed by atoms with Crippen LogP contribution in [-0.2, 0) is 9.59 Å². The summed E-state index contributed by atoms with van der Waals surface area (Å²) < 4.78 is 11.2. The molecule has 3 aliphatic rings. The molecule has 2 aromatic rings. The van der Waals surface area contributed by atoms with Crippen LogP contribution < -0.4 is 19.3 Å². The zero-order valence-electron chi connectivity index (χ0n) is 16.7. The van der Waals surface area contributed by atoms with Crippen LogP contribution in [0, 0.1) is 5.92 Å². The lowest BCUT2D eigenvalue weighted by Crippen LogP contribution is -2.51. The fraction of sp³-hybridized carbons (Fsp3) is 0.409. The number of amides is 2. The fourth-order valence-electron chi connectivity index (χ4n) is 4.28. The highest BCUT2D eigenvalue weighted by Gasteiger charge is 2.38. The average Bonchev–Trinajstić information content (AvgIpc) is 3.20. The Morgan fingerprint density at radius 2 is 1.80 bits per heavy atom. The molecule has 0 radical (unpaired) electrons. The van der Waals surface area contributed by atoms with Gasteiger partial charge in [-0.3, -0.25) is 9.59 Å². The number of anilines is 2. The molecule has 0 spiro atoms. The van der Waals surface area contributed by atoms with Crippen molar-refractivity contribution in [1.29, 1.82) is 0 Å². The van der Waals surface area contributed by atoms with E-state index in [1.165, 1.54) is 0 Å². The molecule has 0 saturated carbocycles. The van der Waals surface area contributed by atoms with Gasteiger partial charge in [0, 0.05) is 57.1 Å². The van der Waals surface area contributed by atoms with Gasteiger partial charge >= 0.3 is 0 Å². The Morgan fingerprint density at radius 3 is 2.57 bits per heavy atom. The number of ether oxygens (including phenoxy) is 2. The van der Waals surface area contributed by atoms with Crippen LogP contribution in [0.2, 0.25) is 0 Å². The second kappa shape index (κ2) is 7.85. The second-order valence-corrected chi connectivity index (χ2v) is 7.73. The average molecular weight is 408 g/mol. The van der Waals surface area contributed by atoms with Gasteiger partial charge in [-0.05, 0) is 24.3 Å².